The molecule has 0 fully saturated rings. The zero-order valence-electron chi connectivity index (χ0n) is 12.1. The fourth-order valence-electron chi connectivity index (χ4n) is 1.87. The third kappa shape index (κ3) is 5.85. The van der Waals surface area contributed by atoms with Crippen molar-refractivity contribution in [3.05, 3.63) is 30.3 Å². The number of amides is 1. The molecule has 4 nitrogen and oxygen atoms in total. The van der Waals surface area contributed by atoms with Crippen molar-refractivity contribution in [1.82, 2.24) is 4.90 Å². The second-order valence-corrected chi connectivity index (χ2v) is 5.59. The first-order chi connectivity index (χ1) is 8.96. The van der Waals surface area contributed by atoms with E-state index in [0.717, 1.165) is 18.8 Å². The second-order valence-electron chi connectivity index (χ2n) is 5.59. The van der Waals surface area contributed by atoms with E-state index in [4.69, 9.17) is 5.73 Å². The minimum atomic E-state index is 0.0147. The predicted octanol–water partition coefficient (Wildman–Crippen LogP) is 1.93. The fraction of sp³-hybridized carbons (Fsp3) is 0.533. The van der Waals surface area contributed by atoms with Gasteiger partial charge in [-0.15, -0.1) is 0 Å². The largest absolute Gasteiger partial charge is 0.330 e. The van der Waals surface area contributed by atoms with Gasteiger partial charge in [-0.05, 0) is 30.6 Å². The number of nitrogens with one attached hydrogen (secondary N) is 1. The van der Waals surface area contributed by atoms with E-state index in [1.165, 1.54) is 0 Å². The normalized spacial score (nSPS) is 11.6. The highest BCUT2D eigenvalue weighted by molar-refractivity contribution is 5.92. The molecule has 1 aromatic carbocycles. The van der Waals surface area contributed by atoms with Gasteiger partial charge in [0.05, 0.1) is 6.54 Å². The molecular formula is C15H25N3O. The number of para-hydroxylation sites is 1. The second kappa shape index (κ2) is 7.26. The van der Waals surface area contributed by atoms with Crippen LogP contribution < -0.4 is 11.1 Å². The van der Waals surface area contributed by atoms with Crippen LogP contribution >= 0.6 is 0 Å². The van der Waals surface area contributed by atoms with Crippen molar-refractivity contribution in [2.45, 2.75) is 20.8 Å². The van der Waals surface area contributed by atoms with Gasteiger partial charge < -0.3 is 11.1 Å². The van der Waals surface area contributed by atoms with E-state index >= 15 is 0 Å². The van der Waals surface area contributed by atoms with Gasteiger partial charge in [-0.1, -0.05) is 39.0 Å². The van der Waals surface area contributed by atoms with Crippen molar-refractivity contribution in [2.24, 2.45) is 11.1 Å². The van der Waals surface area contributed by atoms with Crippen LogP contribution in [0.1, 0.15) is 20.8 Å². The number of carbonyl (C=O) groups excluding carboxylic acids is 1. The average Bonchev–Trinajstić information content (AvgIpc) is 2.38. The first-order valence-electron chi connectivity index (χ1n) is 6.74. The Morgan fingerprint density at radius 2 is 1.95 bits per heavy atom. The molecule has 19 heavy (non-hydrogen) atoms. The third-order valence-corrected chi connectivity index (χ3v) is 3.08. The van der Waals surface area contributed by atoms with Gasteiger partial charge in [0.1, 0.15) is 0 Å². The topological polar surface area (TPSA) is 58.4 Å². The van der Waals surface area contributed by atoms with Crippen molar-refractivity contribution in [1.29, 1.82) is 0 Å². The molecule has 0 saturated carbocycles. The fourth-order valence-corrected chi connectivity index (χ4v) is 1.87. The maximum Gasteiger partial charge on any atom is 0.238 e. The van der Waals surface area contributed by atoms with Crippen LogP contribution in [0.4, 0.5) is 5.69 Å². The molecule has 1 aromatic rings. The van der Waals surface area contributed by atoms with Gasteiger partial charge in [0.2, 0.25) is 5.91 Å². The average molecular weight is 263 g/mol. The molecule has 0 spiro atoms. The standard InChI is InChI=1S/C15H25N3O/c1-4-18(12-15(2,3)11-16)10-14(19)17-13-8-6-5-7-9-13/h5-9H,4,10-12,16H2,1-3H3,(H,17,19). The highest BCUT2D eigenvalue weighted by Gasteiger charge is 2.20. The molecule has 0 bridgehead atoms. The Bertz CT molecular complexity index is 390. The number of hydrogen-bond donors (Lipinski definition) is 2. The Hall–Kier alpha value is -1.39. The zero-order valence-corrected chi connectivity index (χ0v) is 12.1. The van der Waals surface area contributed by atoms with Crippen LogP contribution in [0.2, 0.25) is 0 Å². The van der Waals surface area contributed by atoms with Gasteiger partial charge in [-0.2, -0.15) is 0 Å². The van der Waals surface area contributed by atoms with E-state index < -0.39 is 0 Å². The van der Waals surface area contributed by atoms with Crippen LogP contribution in [0.25, 0.3) is 0 Å². The molecule has 4 heteroatoms. The third-order valence-electron chi connectivity index (χ3n) is 3.08. The molecule has 0 aliphatic heterocycles. The molecule has 1 rings (SSSR count). The van der Waals surface area contributed by atoms with Gasteiger partial charge in [-0.25, -0.2) is 0 Å². The zero-order chi connectivity index (χ0) is 14.3. The Morgan fingerprint density at radius 1 is 1.32 bits per heavy atom. The lowest BCUT2D eigenvalue weighted by Crippen LogP contribution is -2.42. The number of nitrogens with two attached hydrogens (primary N) is 1. The molecule has 0 radical (unpaired) electrons. The van der Waals surface area contributed by atoms with E-state index in [2.05, 4.69) is 31.0 Å². The number of rotatable bonds is 7. The first kappa shape index (κ1) is 15.7. The molecule has 0 saturated heterocycles. The van der Waals surface area contributed by atoms with E-state index in [9.17, 15) is 4.79 Å². The van der Waals surface area contributed by atoms with Crippen molar-refractivity contribution >= 4 is 11.6 Å². The highest BCUT2D eigenvalue weighted by Crippen LogP contribution is 2.14. The van der Waals surface area contributed by atoms with Gasteiger partial charge in [0.15, 0.2) is 0 Å². The monoisotopic (exact) mass is 263 g/mol. The molecule has 0 heterocycles. The summed E-state index contributed by atoms with van der Waals surface area (Å²) in [5.41, 5.74) is 6.60. The van der Waals surface area contributed by atoms with Gasteiger partial charge in [-0.3, -0.25) is 9.69 Å². The molecule has 106 valence electrons. The van der Waals surface area contributed by atoms with Crippen LogP contribution in [-0.2, 0) is 4.79 Å². The summed E-state index contributed by atoms with van der Waals surface area (Å²) in [6.45, 7) is 8.96. The number of anilines is 1. The van der Waals surface area contributed by atoms with Crippen LogP contribution in [0.15, 0.2) is 30.3 Å². The molecule has 0 aromatic heterocycles. The van der Waals surface area contributed by atoms with E-state index in [-0.39, 0.29) is 11.3 Å². The summed E-state index contributed by atoms with van der Waals surface area (Å²) in [6, 6.07) is 9.52. The van der Waals surface area contributed by atoms with Crippen molar-refractivity contribution in [2.75, 3.05) is 31.5 Å². The SMILES string of the molecule is CCN(CC(=O)Nc1ccccc1)CC(C)(C)CN. The molecule has 0 atom stereocenters. The van der Waals surface area contributed by atoms with E-state index in [1.807, 2.05) is 30.3 Å². The minimum absolute atomic E-state index is 0.0147. The highest BCUT2D eigenvalue weighted by atomic mass is 16.2. The summed E-state index contributed by atoms with van der Waals surface area (Å²) in [7, 11) is 0. The number of nitrogens with zero attached hydrogens (tertiary/aromatic N) is 1. The summed E-state index contributed by atoms with van der Waals surface area (Å²) in [5.74, 6) is 0.0147. The van der Waals surface area contributed by atoms with Crippen molar-refractivity contribution < 1.29 is 4.79 Å². The molecule has 0 aliphatic carbocycles. The lowest BCUT2D eigenvalue weighted by Gasteiger charge is -2.30. The summed E-state index contributed by atoms with van der Waals surface area (Å²) >= 11 is 0. The summed E-state index contributed by atoms with van der Waals surface area (Å²) in [4.78, 5) is 14.1. The van der Waals surface area contributed by atoms with Gasteiger partial charge in [0.25, 0.3) is 0 Å². The van der Waals surface area contributed by atoms with Crippen molar-refractivity contribution in [3.8, 4) is 0 Å². The van der Waals surface area contributed by atoms with E-state index in [0.29, 0.717) is 13.1 Å². The maximum atomic E-state index is 12.0. The van der Waals surface area contributed by atoms with E-state index in [1.54, 1.807) is 0 Å². The predicted molar refractivity (Wildman–Crippen MR) is 80.0 cm³/mol. The Kier molecular flexibility index (Phi) is 5.99. The minimum Gasteiger partial charge on any atom is -0.330 e. The van der Waals surface area contributed by atoms with Gasteiger partial charge >= 0.3 is 0 Å². The van der Waals surface area contributed by atoms with Crippen molar-refractivity contribution in [3.63, 3.8) is 0 Å². The number of carbonyl (C=O) groups is 1. The van der Waals surface area contributed by atoms with Crippen LogP contribution in [0, 0.1) is 5.41 Å². The van der Waals surface area contributed by atoms with Crippen LogP contribution in [0.3, 0.4) is 0 Å². The van der Waals surface area contributed by atoms with Gasteiger partial charge in [0, 0.05) is 12.2 Å². The summed E-state index contributed by atoms with van der Waals surface area (Å²) in [6.07, 6.45) is 0. The summed E-state index contributed by atoms with van der Waals surface area (Å²) < 4.78 is 0. The molecular weight excluding hydrogens is 238 g/mol. The maximum absolute atomic E-state index is 12.0. The summed E-state index contributed by atoms with van der Waals surface area (Å²) in [5, 5.41) is 2.90. The lowest BCUT2D eigenvalue weighted by molar-refractivity contribution is -0.117. The lowest BCUT2D eigenvalue weighted by atomic mass is 9.93. The Balaban J connectivity index is 2.50. The van der Waals surface area contributed by atoms with Crippen LogP contribution in [-0.4, -0.2) is 37.0 Å². The smallest absolute Gasteiger partial charge is 0.238 e. The number of hydrogen-bond acceptors (Lipinski definition) is 3. The Labute approximate surface area is 116 Å². The molecule has 3 N–H and O–H groups in total. The molecule has 0 unspecified atom stereocenters. The number of benzene rings is 1. The first-order valence-corrected chi connectivity index (χ1v) is 6.74. The van der Waals surface area contributed by atoms with Crippen LogP contribution in [0.5, 0.6) is 0 Å². The number of likely N-dealkylation sites (N-methyl/N-ethyl adjacent to an activating group) is 1. The quantitative estimate of drug-likeness (QED) is 0.790. The molecule has 0 aliphatic rings. The Morgan fingerprint density at radius 3 is 2.47 bits per heavy atom. The molecule has 1 amide bonds.